The molecule has 0 spiro atoms. The van der Waals surface area contributed by atoms with E-state index in [2.05, 4.69) is 29.8 Å². The molecule has 146 valence electrons. The van der Waals surface area contributed by atoms with Crippen LogP contribution in [0.1, 0.15) is 24.8 Å². The molecule has 0 radical (unpaired) electrons. The Morgan fingerprint density at radius 1 is 0.852 bits per heavy atom. The SMILES string of the molecule is OCCn1cc(CN2CCN(c3nccnc3N3CCCCC3)CC2)cn1. The average molecular weight is 371 g/mol. The first-order valence-corrected chi connectivity index (χ1v) is 9.99. The van der Waals surface area contributed by atoms with E-state index in [1.54, 1.807) is 4.68 Å². The van der Waals surface area contributed by atoms with Crippen LogP contribution in [0.5, 0.6) is 0 Å². The smallest absolute Gasteiger partial charge is 0.172 e. The minimum absolute atomic E-state index is 0.122. The second-order valence-electron chi connectivity index (χ2n) is 7.35. The highest BCUT2D eigenvalue weighted by Gasteiger charge is 2.24. The maximum atomic E-state index is 9.01. The van der Waals surface area contributed by atoms with E-state index in [-0.39, 0.29) is 6.61 Å². The molecule has 0 amide bonds. The molecule has 8 heteroatoms. The van der Waals surface area contributed by atoms with Crippen molar-refractivity contribution in [2.75, 3.05) is 55.7 Å². The van der Waals surface area contributed by atoms with E-state index in [0.717, 1.165) is 57.4 Å². The normalized spacial score (nSPS) is 18.9. The van der Waals surface area contributed by atoms with Crippen LogP contribution < -0.4 is 9.80 Å². The van der Waals surface area contributed by atoms with Crippen molar-refractivity contribution >= 4 is 11.6 Å². The largest absolute Gasteiger partial charge is 0.394 e. The number of hydrogen-bond donors (Lipinski definition) is 1. The molecular formula is C19H29N7O. The second kappa shape index (κ2) is 8.67. The van der Waals surface area contributed by atoms with Crippen LogP contribution in [-0.4, -0.2) is 75.6 Å². The van der Waals surface area contributed by atoms with Crippen molar-refractivity contribution in [1.82, 2.24) is 24.6 Å². The van der Waals surface area contributed by atoms with Gasteiger partial charge in [0.25, 0.3) is 0 Å². The summed E-state index contributed by atoms with van der Waals surface area (Å²) in [5.74, 6) is 2.09. The fraction of sp³-hybridized carbons (Fsp3) is 0.632. The van der Waals surface area contributed by atoms with Crippen molar-refractivity contribution < 1.29 is 5.11 Å². The molecular weight excluding hydrogens is 342 g/mol. The van der Waals surface area contributed by atoms with Crippen molar-refractivity contribution in [3.8, 4) is 0 Å². The maximum Gasteiger partial charge on any atom is 0.172 e. The summed E-state index contributed by atoms with van der Waals surface area (Å²) < 4.78 is 1.80. The van der Waals surface area contributed by atoms with Crippen LogP contribution in [0.25, 0.3) is 0 Å². The molecule has 2 aromatic rings. The molecule has 2 fully saturated rings. The van der Waals surface area contributed by atoms with Crippen molar-refractivity contribution in [2.24, 2.45) is 0 Å². The third-order valence-corrected chi connectivity index (χ3v) is 5.41. The predicted octanol–water partition coefficient (Wildman–Crippen LogP) is 0.978. The lowest BCUT2D eigenvalue weighted by molar-refractivity contribution is 0.248. The van der Waals surface area contributed by atoms with Gasteiger partial charge in [-0.3, -0.25) is 9.58 Å². The van der Waals surface area contributed by atoms with Gasteiger partial charge in [0.1, 0.15) is 0 Å². The van der Waals surface area contributed by atoms with E-state index in [1.807, 2.05) is 24.8 Å². The molecule has 0 saturated carbocycles. The third kappa shape index (κ3) is 4.39. The van der Waals surface area contributed by atoms with Gasteiger partial charge in [0, 0.05) is 70.0 Å². The molecule has 0 bridgehead atoms. The molecule has 0 unspecified atom stereocenters. The number of aliphatic hydroxyl groups excluding tert-OH is 1. The Balaban J connectivity index is 1.36. The summed E-state index contributed by atoms with van der Waals surface area (Å²) in [5, 5.41) is 13.3. The number of aromatic nitrogens is 4. The van der Waals surface area contributed by atoms with Crippen LogP contribution in [0.4, 0.5) is 11.6 Å². The Bertz CT molecular complexity index is 720. The lowest BCUT2D eigenvalue weighted by atomic mass is 10.1. The zero-order chi connectivity index (χ0) is 18.5. The Kier molecular flexibility index (Phi) is 5.84. The lowest BCUT2D eigenvalue weighted by Gasteiger charge is -2.37. The zero-order valence-electron chi connectivity index (χ0n) is 15.9. The van der Waals surface area contributed by atoms with E-state index in [4.69, 9.17) is 5.11 Å². The number of piperazine rings is 1. The fourth-order valence-electron chi connectivity index (χ4n) is 3.96. The first kappa shape index (κ1) is 18.2. The molecule has 0 atom stereocenters. The molecule has 2 aliphatic heterocycles. The molecule has 0 aromatic carbocycles. The van der Waals surface area contributed by atoms with Crippen molar-refractivity contribution in [1.29, 1.82) is 0 Å². The van der Waals surface area contributed by atoms with E-state index in [0.29, 0.717) is 6.54 Å². The van der Waals surface area contributed by atoms with Gasteiger partial charge in [-0.05, 0) is 19.3 Å². The standard InChI is InChI=1S/C19H29N7O/c27-13-12-26-16-17(14-22-26)15-23-8-10-25(11-9-23)19-18(20-4-5-21-19)24-6-2-1-3-7-24/h4-5,14,16,27H,1-3,6-13,15H2. The Labute approximate surface area is 160 Å². The quantitative estimate of drug-likeness (QED) is 0.811. The highest BCUT2D eigenvalue weighted by molar-refractivity contribution is 5.62. The monoisotopic (exact) mass is 371 g/mol. The minimum atomic E-state index is 0.122. The van der Waals surface area contributed by atoms with E-state index in [9.17, 15) is 0 Å². The number of anilines is 2. The molecule has 8 nitrogen and oxygen atoms in total. The summed E-state index contributed by atoms with van der Waals surface area (Å²) in [6, 6.07) is 0. The zero-order valence-corrected chi connectivity index (χ0v) is 15.9. The summed E-state index contributed by atoms with van der Waals surface area (Å²) in [7, 11) is 0. The third-order valence-electron chi connectivity index (χ3n) is 5.41. The summed E-state index contributed by atoms with van der Waals surface area (Å²) in [6.07, 6.45) is 11.4. The van der Waals surface area contributed by atoms with Crippen molar-refractivity contribution in [3.05, 3.63) is 30.4 Å². The van der Waals surface area contributed by atoms with E-state index < -0.39 is 0 Å². The molecule has 2 aliphatic rings. The minimum Gasteiger partial charge on any atom is -0.394 e. The van der Waals surface area contributed by atoms with E-state index in [1.165, 1.54) is 24.8 Å². The topological polar surface area (TPSA) is 73.6 Å². The van der Waals surface area contributed by atoms with Gasteiger partial charge in [0.15, 0.2) is 11.6 Å². The first-order chi connectivity index (χ1) is 13.3. The predicted molar refractivity (Wildman–Crippen MR) is 105 cm³/mol. The summed E-state index contributed by atoms with van der Waals surface area (Å²) >= 11 is 0. The van der Waals surface area contributed by atoms with Gasteiger partial charge in [-0.25, -0.2) is 9.97 Å². The fourth-order valence-corrected chi connectivity index (χ4v) is 3.96. The molecule has 4 heterocycles. The van der Waals surface area contributed by atoms with Crippen LogP contribution in [-0.2, 0) is 13.1 Å². The number of aliphatic hydroxyl groups is 1. The van der Waals surface area contributed by atoms with Crippen LogP contribution in [0.15, 0.2) is 24.8 Å². The van der Waals surface area contributed by atoms with Gasteiger partial charge in [0.2, 0.25) is 0 Å². The first-order valence-electron chi connectivity index (χ1n) is 9.99. The molecule has 2 saturated heterocycles. The van der Waals surface area contributed by atoms with Gasteiger partial charge >= 0.3 is 0 Å². The average Bonchev–Trinajstić information content (AvgIpc) is 3.16. The van der Waals surface area contributed by atoms with Crippen LogP contribution in [0, 0.1) is 0 Å². The highest BCUT2D eigenvalue weighted by Crippen LogP contribution is 2.27. The molecule has 27 heavy (non-hydrogen) atoms. The van der Waals surface area contributed by atoms with Crippen LogP contribution in [0.2, 0.25) is 0 Å². The Hall–Kier alpha value is -2.19. The Morgan fingerprint density at radius 3 is 2.19 bits per heavy atom. The number of nitrogens with zero attached hydrogens (tertiary/aromatic N) is 7. The molecule has 2 aromatic heterocycles. The number of rotatable bonds is 6. The van der Waals surface area contributed by atoms with Crippen LogP contribution >= 0.6 is 0 Å². The van der Waals surface area contributed by atoms with Gasteiger partial charge in [-0.15, -0.1) is 0 Å². The lowest BCUT2D eigenvalue weighted by Crippen LogP contribution is -2.47. The summed E-state index contributed by atoms with van der Waals surface area (Å²) in [5.41, 5.74) is 1.20. The maximum absolute atomic E-state index is 9.01. The van der Waals surface area contributed by atoms with Gasteiger partial charge in [-0.2, -0.15) is 5.10 Å². The molecule has 0 aliphatic carbocycles. The summed E-state index contributed by atoms with van der Waals surface area (Å²) in [6.45, 7) is 7.68. The number of hydrogen-bond acceptors (Lipinski definition) is 7. The van der Waals surface area contributed by atoms with Gasteiger partial charge in [0.05, 0.1) is 19.3 Å². The van der Waals surface area contributed by atoms with Gasteiger partial charge in [-0.1, -0.05) is 0 Å². The summed E-state index contributed by atoms with van der Waals surface area (Å²) in [4.78, 5) is 16.6. The highest BCUT2D eigenvalue weighted by atomic mass is 16.3. The Morgan fingerprint density at radius 2 is 1.52 bits per heavy atom. The van der Waals surface area contributed by atoms with Crippen molar-refractivity contribution in [2.45, 2.75) is 32.4 Å². The molecule has 1 N–H and O–H groups in total. The second-order valence-corrected chi connectivity index (χ2v) is 7.35. The van der Waals surface area contributed by atoms with Gasteiger partial charge < -0.3 is 14.9 Å². The van der Waals surface area contributed by atoms with E-state index >= 15 is 0 Å². The number of piperidine rings is 1. The molecule has 4 rings (SSSR count). The van der Waals surface area contributed by atoms with Crippen molar-refractivity contribution in [3.63, 3.8) is 0 Å². The van der Waals surface area contributed by atoms with Crippen LogP contribution in [0.3, 0.4) is 0 Å².